The standard InChI is InChI=1S/C26H25FN4OS/c27-23-13-11-21(12-14-23)17-24-29-26(33-30-24)31(18-22-9-5-2-6-10-22)19-25(32)28-16-15-20-7-3-1-4-8-20/h1-14H,15-19H2,(H,28,32). The van der Waals surface area contributed by atoms with Gasteiger partial charge < -0.3 is 10.2 Å². The maximum Gasteiger partial charge on any atom is 0.239 e. The first-order valence-corrected chi connectivity index (χ1v) is 11.6. The predicted molar refractivity (Wildman–Crippen MR) is 130 cm³/mol. The monoisotopic (exact) mass is 460 g/mol. The minimum absolute atomic E-state index is 0.0582. The van der Waals surface area contributed by atoms with Crippen LogP contribution in [0.1, 0.15) is 22.5 Å². The number of nitrogens with one attached hydrogen (secondary N) is 1. The van der Waals surface area contributed by atoms with Gasteiger partial charge in [0.1, 0.15) is 11.6 Å². The van der Waals surface area contributed by atoms with E-state index in [9.17, 15) is 9.18 Å². The summed E-state index contributed by atoms with van der Waals surface area (Å²) in [4.78, 5) is 19.3. The Kier molecular flexibility index (Phi) is 7.76. The average molecular weight is 461 g/mol. The molecule has 3 aromatic carbocycles. The van der Waals surface area contributed by atoms with Crippen LogP contribution in [0.25, 0.3) is 0 Å². The number of amides is 1. The van der Waals surface area contributed by atoms with E-state index in [1.54, 1.807) is 12.1 Å². The molecule has 4 rings (SSSR count). The fraction of sp³-hybridized carbons (Fsp3) is 0.192. The Bertz CT molecular complexity index is 1150. The Morgan fingerprint density at radius 1 is 0.879 bits per heavy atom. The second-order valence-corrected chi connectivity index (χ2v) is 8.45. The highest BCUT2D eigenvalue weighted by Gasteiger charge is 2.17. The van der Waals surface area contributed by atoms with E-state index in [1.807, 2.05) is 53.4 Å². The molecule has 1 aromatic heterocycles. The number of aromatic nitrogens is 2. The van der Waals surface area contributed by atoms with Crippen LogP contribution in [0.2, 0.25) is 0 Å². The quantitative estimate of drug-likeness (QED) is 0.375. The molecule has 7 heteroatoms. The SMILES string of the molecule is O=C(CN(Cc1ccccc1)c1nc(Cc2ccc(F)cc2)ns1)NCCc1ccccc1. The number of hydrogen-bond donors (Lipinski definition) is 1. The normalized spacial score (nSPS) is 10.7. The summed E-state index contributed by atoms with van der Waals surface area (Å²) in [6.07, 6.45) is 1.30. The molecular formula is C26H25FN4OS. The second kappa shape index (κ2) is 11.3. The van der Waals surface area contributed by atoms with Crippen LogP contribution in [0, 0.1) is 5.82 Å². The van der Waals surface area contributed by atoms with Gasteiger partial charge in [0.05, 0.1) is 6.54 Å². The van der Waals surface area contributed by atoms with Gasteiger partial charge in [0.25, 0.3) is 0 Å². The minimum atomic E-state index is -0.266. The minimum Gasteiger partial charge on any atom is -0.354 e. The van der Waals surface area contributed by atoms with Crippen LogP contribution in [-0.2, 0) is 24.2 Å². The molecule has 0 radical (unpaired) electrons. The van der Waals surface area contributed by atoms with E-state index in [4.69, 9.17) is 0 Å². The van der Waals surface area contributed by atoms with E-state index in [1.165, 1.54) is 29.2 Å². The van der Waals surface area contributed by atoms with Gasteiger partial charge in [-0.05, 0) is 35.2 Å². The molecule has 0 atom stereocenters. The summed E-state index contributed by atoms with van der Waals surface area (Å²) in [5, 5.41) is 3.70. The van der Waals surface area contributed by atoms with E-state index in [0.717, 1.165) is 17.5 Å². The van der Waals surface area contributed by atoms with Gasteiger partial charge >= 0.3 is 0 Å². The zero-order valence-electron chi connectivity index (χ0n) is 18.2. The number of nitrogens with zero attached hydrogens (tertiary/aromatic N) is 3. The third-order valence-electron chi connectivity index (χ3n) is 5.13. The van der Waals surface area contributed by atoms with Crippen molar-refractivity contribution in [3.05, 3.63) is 113 Å². The topological polar surface area (TPSA) is 58.1 Å². The molecule has 0 aliphatic carbocycles. The van der Waals surface area contributed by atoms with Crippen molar-refractivity contribution >= 4 is 22.6 Å². The number of carbonyl (C=O) groups is 1. The smallest absolute Gasteiger partial charge is 0.239 e. The Morgan fingerprint density at radius 3 is 2.24 bits per heavy atom. The molecule has 5 nitrogen and oxygen atoms in total. The van der Waals surface area contributed by atoms with Crippen molar-refractivity contribution in [1.82, 2.24) is 14.7 Å². The molecule has 0 bridgehead atoms. The van der Waals surface area contributed by atoms with Gasteiger partial charge in [0, 0.05) is 31.0 Å². The first-order chi connectivity index (χ1) is 16.2. The molecule has 0 unspecified atom stereocenters. The van der Waals surface area contributed by atoms with Crippen LogP contribution in [-0.4, -0.2) is 28.4 Å². The van der Waals surface area contributed by atoms with Crippen LogP contribution < -0.4 is 10.2 Å². The van der Waals surface area contributed by atoms with E-state index >= 15 is 0 Å². The lowest BCUT2D eigenvalue weighted by Crippen LogP contribution is -2.37. The number of halogens is 1. The number of benzene rings is 3. The van der Waals surface area contributed by atoms with E-state index < -0.39 is 0 Å². The third-order valence-corrected chi connectivity index (χ3v) is 5.95. The Balaban J connectivity index is 1.41. The first kappa shape index (κ1) is 22.6. The number of hydrogen-bond acceptors (Lipinski definition) is 5. The van der Waals surface area contributed by atoms with Gasteiger partial charge in [-0.25, -0.2) is 9.37 Å². The molecular weight excluding hydrogens is 435 g/mol. The summed E-state index contributed by atoms with van der Waals surface area (Å²) in [6, 6.07) is 26.4. The molecule has 4 aromatic rings. The highest BCUT2D eigenvalue weighted by atomic mass is 32.1. The summed E-state index contributed by atoms with van der Waals surface area (Å²) in [7, 11) is 0. The van der Waals surface area contributed by atoms with E-state index in [0.29, 0.717) is 30.5 Å². The number of rotatable bonds is 10. The molecule has 1 N–H and O–H groups in total. The number of carbonyl (C=O) groups excluding carboxylic acids is 1. The summed E-state index contributed by atoms with van der Waals surface area (Å²) in [5.74, 6) is 0.333. The van der Waals surface area contributed by atoms with Crippen molar-refractivity contribution in [2.24, 2.45) is 0 Å². The van der Waals surface area contributed by atoms with Gasteiger partial charge in [-0.15, -0.1) is 0 Å². The highest BCUT2D eigenvalue weighted by molar-refractivity contribution is 7.09. The largest absolute Gasteiger partial charge is 0.354 e. The lowest BCUT2D eigenvalue weighted by molar-refractivity contribution is -0.119. The van der Waals surface area contributed by atoms with E-state index in [2.05, 4.69) is 26.8 Å². The molecule has 0 aliphatic heterocycles. The maximum absolute atomic E-state index is 13.2. The molecule has 0 saturated carbocycles. The fourth-order valence-electron chi connectivity index (χ4n) is 3.44. The zero-order valence-corrected chi connectivity index (χ0v) is 19.0. The predicted octanol–water partition coefficient (Wildman–Crippen LogP) is 4.63. The van der Waals surface area contributed by atoms with Crippen molar-refractivity contribution in [2.45, 2.75) is 19.4 Å². The van der Waals surface area contributed by atoms with E-state index in [-0.39, 0.29) is 18.3 Å². The molecule has 0 fully saturated rings. The summed E-state index contributed by atoms with van der Waals surface area (Å²) >= 11 is 1.27. The molecule has 0 aliphatic rings. The Morgan fingerprint density at radius 2 is 1.55 bits per heavy atom. The molecule has 33 heavy (non-hydrogen) atoms. The average Bonchev–Trinajstić information content (AvgIpc) is 3.30. The third kappa shape index (κ3) is 6.95. The maximum atomic E-state index is 13.2. The van der Waals surface area contributed by atoms with Crippen LogP contribution in [0.5, 0.6) is 0 Å². The van der Waals surface area contributed by atoms with Gasteiger partial charge in [0.15, 0.2) is 0 Å². The first-order valence-electron chi connectivity index (χ1n) is 10.8. The van der Waals surface area contributed by atoms with Gasteiger partial charge in [-0.3, -0.25) is 4.79 Å². The van der Waals surface area contributed by atoms with Crippen molar-refractivity contribution in [1.29, 1.82) is 0 Å². The Hall–Kier alpha value is -3.58. The van der Waals surface area contributed by atoms with Crippen LogP contribution in [0.4, 0.5) is 9.52 Å². The van der Waals surface area contributed by atoms with Crippen LogP contribution in [0.15, 0.2) is 84.9 Å². The van der Waals surface area contributed by atoms with Crippen molar-refractivity contribution < 1.29 is 9.18 Å². The summed E-state index contributed by atoms with van der Waals surface area (Å²) in [5.41, 5.74) is 3.22. The van der Waals surface area contributed by atoms with Crippen LogP contribution in [0.3, 0.4) is 0 Å². The van der Waals surface area contributed by atoms with Crippen molar-refractivity contribution in [3.8, 4) is 0 Å². The molecule has 1 amide bonds. The van der Waals surface area contributed by atoms with Gasteiger partial charge in [0.2, 0.25) is 11.0 Å². The van der Waals surface area contributed by atoms with Crippen LogP contribution >= 0.6 is 11.5 Å². The lowest BCUT2D eigenvalue weighted by atomic mass is 10.1. The fourth-order valence-corrected chi connectivity index (χ4v) is 4.13. The summed E-state index contributed by atoms with van der Waals surface area (Å²) in [6.45, 7) is 1.32. The molecule has 1 heterocycles. The van der Waals surface area contributed by atoms with Gasteiger partial charge in [-0.1, -0.05) is 72.8 Å². The second-order valence-electron chi connectivity index (χ2n) is 7.72. The Labute approximate surface area is 197 Å². The lowest BCUT2D eigenvalue weighted by Gasteiger charge is -2.21. The highest BCUT2D eigenvalue weighted by Crippen LogP contribution is 2.21. The number of anilines is 1. The van der Waals surface area contributed by atoms with Gasteiger partial charge in [-0.2, -0.15) is 4.37 Å². The zero-order chi connectivity index (χ0) is 22.9. The molecule has 168 valence electrons. The van der Waals surface area contributed by atoms with Crippen molar-refractivity contribution in [2.75, 3.05) is 18.0 Å². The molecule has 0 spiro atoms. The molecule has 0 saturated heterocycles. The summed E-state index contributed by atoms with van der Waals surface area (Å²) < 4.78 is 17.6. The van der Waals surface area contributed by atoms with Crippen molar-refractivity contribution in [3.63, 3.8) is 0 Å².